The van der Waals surface area contributed by atoms with Gasteiger partial charge in [-0.25, -0.2) is 4.79 Å². The third-order valence-corrected chi connectivity index (χ3v) is 5.53. The first kappa shape index (κ1) is 12.0. The summed E-state index contributed by atoms with van der Waals surface area (Å²) in [6.07, 6.45) is 6.29. The predicted molar refractivity (Wildman–Crippen MR) is 70.0 cm³/mol. The molecule has 20 heavy (non-hydrogen) atoms. The van der Waals surface area contributed by atoms with Crippen LogP contribution in [0.4, 0.5) is 0 Å². The molecule has 0 unspecified atom stereocenters. The summed E-state index contributed by atoms with van der Waals surface area (Å²) in [6.45, 7) is 0. The van der Waals surface area contributed by atoms with Crippen LogP contribution in [0, 0.1) is 35.0 Å². The molecule has 0 aromatic carbocycles. The summed E-state index contributed by atoms with van der Waals surface area (Å²) in [4.78, 5) is 11.1. The molecule has 4 saturated carbocycles. The molecule has 5 heteroatoms. The first-order valence-electron chi connectivity index (χ1n) is 7.38. The van der Waals surface area contributed by atoms with E-state index < -0.39 is 5.97 Å². The Morgan fingerprint density at radius 3 is 2.35 bits per heavy atom. The number of carboxylic acids is 1. The summed E-state index contributed by atoms with van der Waals surface area (Å²) in [5, 5.41) is 22.6. The molecular formula is C15H17N3O2. The molecule has 0 aliphatic heterocycles. The summed E-state index contributed by atoms with van der Waals surface area (Å²) < 4.78 is 1.73. The first-order chi connectivity index (χ1) is 9.65. The molecule has 1 aromatic rings. The Hall–Kier alpha value is -1.83. The zero-order chi connectivity index (χ0) is 13.9. The average molecular weight is 271 g/mol. The molecule has 0 spiro atoms. The van der Waals surface area contributed by atoms with E-state index in [-0.39, 0.29) is 11.7 Å². The topological polar surface area (TPSA) is 78.9 Å². The summed E-state index contributed by atoms with van der Waals surface area (Å²) in [5.74, 6) is 1.83. The smallest absolute Gasteiger partial charge is 0.356 e. The molecule has 4 aliphatic carbocycles. The number of hydrogen-bond acceptors (Lipinski definition) is 3. The van der Waals surface area contributed by atoms with Gasteiger partial charge in [0.2, 0.25) is 0 Å². The number of rotatable bonds is 2. The number of aromatic carboxylic acids is 1. The number of nitriles is 1. The number of hydrogen-bond donors (Lipinski definition) is 1. The maximum atomic E-state index is 11.1. The predicted octanol–water partition coefficient (Wildman–Crippen LogP) is 2.45. The van der Waals surface area contributed by atoms with Crippen LogP contribution in [-0.4, -0.2) is 20.9 Å². The second kappa shape index (κ2) is 4.08. The zero-order valence-corrected chi connectivity index (χ0v) is 11.2. The van der Waals surface area contributed by atoms with Gasteiger partial charge in [-0.3, -0.25) is 4.68 Å². The fourth-order valence-corrected chi connectivity index (χ4v) is 5.11. The molecule has 1 N–H and O–H groups in total. The third-order valence-electron chi connectivity index (χ3n) is 5.53. The summed E-state index contributed by atoms with van der Waals surface area (Å²) in [7, 11) is 0. The molecule has 0 atom stereocenters. The van der Waals surface area contributed by atoms with Crippen LogP contribution in [0.5, 0.6) is 0 Å². The van der Waals surface area contributed by atoms with E-state index in [0.717, 1.165) is 11.8 Å². The van der Waals surface area contributed by atoms with Gasteiger partial charge in [-0.15, -0.1) is 0 Å². The number of aromatic nitrogens is 2. The van der Waals surface area contributed by atoms with Crippen molar-refractivity contribution in [1.82, 2.24) is 9.78 Å². The van der Waals surface area contributed by atoms with Gasteiger partial charge in [-0.05, 0) is 55.8 Å². The molecule has 4 bridgehead atoms. The van der Waals surface area contributed by atoms with Crippen LogP contribution in [0.1, 0.15) is 54.3 Å². The van der Waals surface area contributed by atoms with E-state index in [1.165, 1.54) is 38.2 Å². The van der Waals surface area contributed by atoms with Crippen LogP contribution in [0.15, 0.2) is 6.07 Å². The average Bonchev–Trinajstić information content (AvgIpc) is 2.81. The van der Waals surface area contributed by atoms with Crippen molar-refractivity contribution in [3.63, 3.8) is 0 Å². The SMILES string of the molecule is N#Cc1cc(C(=O)O)nn1C1C2CC3CC(C2)CC1C3. The molecule has 1 heterocycles. The van der Waals surface area contributed by atoms with Crippen molar-refractivity contribution in [2.45, 2.75) is 38.1 Å². The molecule has 0 amide bonds. The first-order valence-corrected chi connectivity index (χ1v) is 7.38. The second-order valence-corrected chi connectivity index (χ2v) is 6.70. The highest BCUT2D eigenvalue weighted by atomic mass is 16.4. The van der Waals surface area contributed by atoms with Gasteiger partial charge < -0.3 is 5.11 Å². The fourth-order valence-electron chi connectivity index (χ4n) is 5.11. The largest absolute Gasteiger partial charge is 0.476 e. The van der Waals surface area contributed by atoms with Crippen LogP contribution >= 0.6 is 0 Å². The highest BCUT2D eigenvalue weighted by Gasteiger charge is 2.49. The lowest BCUT2D eigenvalue weighted by Gasteiger charge is -2.54. The quantitative estimate of drug-likeness (QED) is 0.896. The molecule has 0 saturated heterocycles. The van der Waals surface area contributed by atoms with Crippen LogP contribution in [0.25, 0.3) is 0 Å². The lowest BCUT2D eigenvalue weighted by molar-refractivity contribution is -0.0341. The molecule has 104 valence electrons. The normalized spacial score (nSPS) is 37.9. The Kier molecular flexibility index (Phi) is 2.44. The molecule has 1 aromatic heterocycles. The zero-order valence-electron chi connectivity index (χ0n) is 11.2. The lowest BCUT2D eigenvalue weighted by Crippen LogP contribution is -2.46. The van der Waals surface area contributed by atoms with Gasteiger partial charge >= 0.3 is 5.97 Å². The van der Waals surface area contributed by atoms with E-state index in [0.29, 0.717) is 17.5 Å². The number of carboxylic acid groups (broad SMARTS) is 1. The number of nitrogens with zero attached hydrogens (tertiary/aromatic N) is 3. The Labute approximate surface area is 117 Å². The minimum Gasteiger partial charge on any atom is -0.476 e. The fraction of sp³-hybridized carbons (Fsp3) is 0.667. The monoisotopic (exact) mass is 271 g/mol. The van der Waals surface area contributed by atoms with Crippen molar-refractivity contribution in [2.75, 3.05) is 0 Å². The maximum absolute atomic E-state index is 11.1. The molecular weight excluding hydrogens is 254 g/mol. The van der Waals surface area contributed by atoms with Gasteiger partial charge in [-0.2, -0.15) is 10.4 Å². The van der Waals surface area contributed by atoms with E-state index in [4.69, 9.17) is 5.11 Å². The van der Waals surface area contributed by atoms with Crippen LogP contribution in [0.3, 0.4) is 0 Å². The Balaban J connectivity index is 1.74. The molecule has 0 radical (unpaired) electrons. The Bertz CT molecular complexity index is 585. The van der Waals surface area contributed by atoms with E-state index in [9.17, 15) is 10.1 Å². The van der Waals surface area contributed by atoms with Crippen LogP contribution in [0.2, 0.25) is 0 Å². The Morgan fingerprint density at radius 1 is 1.25 bits per heavy atom. The van der Waals surface area contributed by atoms with Gasteiger partial charge in [0, 0.05) is 6.07 Å². The van der Waals surface area contributed by atoms with E-state index in [1.54, 1.807) is 4.68 Å². The van der Waals surface area contributed by atoms with Gasteiger partial charge in [0.1, 0.15) is 11.8 Å². The highest BCUT2D eigenvalue weighted by molar-refractivity contribution is 5.85. The van der Waals surface area contributed by atoms with E-state index in [1.807, 2.05) is 0 Å². The van der Waals surface area contributed by atoms with Crippen molar-refractivity contribution in [3.8, 4) is 6.07 Å². The van der Waals surface area contributed by atoms with Gasteiger partial charge in [0.25, 0.3) is 0 Å². The second-order valence-electron chi connectivity index (χ2n) is 6.70. The Morgan fingerprint density at radius 2 is 1.85 bits per heavy atom. The van der Waals surface area contributed by atoms with Crippen molar-refractivity contribution < 1.29 is 9.90 Å². The highest BCUT2D eigenvalue weighted by Crippen LogP contribution is 2.58. The van der Waals surface area contributed by atoms with E-state index >= 15 is 0 Å². The van der Waals surface area contributed by atoms with Crippen molar-refractivity contribution in [2.24, 2.45) is 23.7 Å². The molecule has 4 fully saturated rings. The minimum atomic E-state index is -1.05. The summed E-state index contributed by atoms with van der Waals surface area (Å²) >= 11 is 0. The van der Waals surface area contributed by atoms with Gasteiger partial charge in [-0.1, -0.05) is 0 Å². The maximum Gasteiger partial charge on any atom is 0.356 e. The third kappa shape index (κ3) is 1.60. The minimum absolute atomic E-state index is 0.00430. The molecule has 4 aliphatic rings. The van der Waals surface area contributed by atoms with Crippen molar-refractivity contribution in [3.05, 3.63) is 17.5 Å². The lowest BCUT2D eigenvalue weighted by atomic mass is 9.54. The molecule has 5 rings (SSSR count). The van der Waals surface area contributed by atoms with Crippen LogP contribution in [-0.2, 0) is 0 Å². The van der Waals surface area contributed by atoms with Gasteiger partial charge in [0.15, 0.2) is 5.69 Å². The summed E-state index contributed by atoms with van der Waals surface area (Å²) in [5.41, 5.74) is 0.398. The van der Waals surface area contributed by atoms with Crippen molar-refractivity contribution in [1.29, 1.82) is 5.26 Å². The van der Waals surface area contributed by atoms with Crippen molar-refractivity contribution >= 4 is 5.97 Å². The standard InChI is InChI=1S/C15H17N3O2/c16-7-12-6-13(15(19)20)17-18(12)14-10-2-8-1-9(4-10)5-11(14)3-8/h6,8-11,14H,1-5H2,(H,19,20). The van der Waals surface area contributed by atoms with Gasteiger partial charge in [0.05, 0.1) is 6.04 Å². The van der Waals surface area contributed by atoms with E-state index in [2.05, 4.69) is 11.2 Å². The molecule has 5 nitrogen and oxygen atoms in total. The van der Waals surface area contributed by atoms with Crippen LogP contribution < -0.4 is 0 Å². The summed E-state index contributed by atoms with van der Waals surface area (Å²) in [6, 6.07) is 3.77. The number of carbonyl (C=O) groups is 1.